The number of carbonyl (C=O) groups excluding carboxylic acids is 2. The lowest BCUT2D eigenvalue weighted by atomic mass is 9.96. The molecule has 0 saturated carbocycles. The highest BCUT2D eigenvalue weighted by molar-refractivity contribution is 7.91. The van der Waals surface area contributed by atoms with Crippen molar-refractivity contribution in [2.75, 3.05) is 23.4 Å². The smallest absolute Gasteiger partial charge is 0.408 e. The number of nitrogens with two attached hydrogens (primary N) is 1. The molecule has 3 amide bonds. The molecule has 12 nitrogen and oxygen atoms in total. The summed E-state index contributed by atoms with van der Waals surface area (Å²) in [6, 6.07) is 9.92. The number of nitrogens with one attached hydrogen (secondary N) is 2. The quantitative estimate of drug-likeness (QED) is 0.227. The summed E-state index contributed by atoms with van der Waals surface area (Å²) in [5, 5.41) is 25.6. The Morgan fingerprint density at radius 2 is 1.95 bits per heavy atom. The Hall–Kier alpha value is -4.08. The fourth-order valence-corrected chi connectivity index (χ4v) is 7.16. The van der Waals surface area contributed by atoms with Crippen molar-refractivity contribution in [2.24, 2.45) is 5.73 Å². The number of carboxylic acid groups (broad SMARTS) is 1. The Morgan fingerprint density at radius 1 is 1.21 bits per heavy atom. The molecule has 1 aliphatic heterocycles. The molecule has 1 aliphatic rings. The van der Waals surface area contributed by atoms with Crippen molar-refractivity contribution in [3.63, 3.8) is 0 Å². The molecule has 0 spiro atoms. The van der Waals surface area contributed by atoms with Crippen LogP contribution in [0.5, 0.6) is 0 Å². The molecule has 3 heterocycles. The van der Waals surface area contributed by atoms with Gasteiger partial charge >= 0.3 is 6.09 Å². The molecule has 1 atom stereocenters. The molecule has 1 aromatic carbocycles. The molecule has 3 aromatic rings. The standard InChI is InChI=1S/C27H30FN5O7S2/c1-27(2,38)15-6-7-18(20(28)10-15)21-11-19(24(29)35)25(41-21)32-22-5-3-4-16(30-22)12-33(26(36)37)13-23(34)31-17-8-9-42(39,40)14-17/h3-7,10-11,17,38H,8-9,12-14H2,1-2H3,(H2,29,35)(H,30,32)(H,31,34)(H,36,37). The van der Waals surface area contributed by atoms with E-state index in [2.05, 4.69) is 15.6 Å². The number of rotatable bonds is 10. The minimum atomic E-state index is -3.21. The summed E-state index contributed by atoms with van der Waals surface area (Å²) < 4.78 is 38.2. The SMILES string of the molecule is CC(C)(O)c1ccc(-c2cc(C(N)=O)c(Nc3cccc(CN(CC(=O)NC4CCS(=O)(=O)C4)C(=O)O)n3)s2)c(F)c1. The van der Waals surface area contributed by atoms with Gasteiger partial charge in [0.1, 0.15) is 23.2 Å². The monoisotopic (exact) mass is 619 g/mol. The molecule has 0 aliphatic carbocycles. The van der Waals surface area contributed by atoms with Crippen LogP contribution in [0.15, 0.2) is 42.5 Å². The van der Waals surface area contributed by atoms with Crippen LogP contribution in [-0.4, -0.2) is 70.5 Å². The molecule has 1 fully saturated rings. The molecule has 6 N–H and O–H groups in total. The second-order valence-electron chi connectivity index (χ2n) is 10.4. The average Bonchev–Trinajstić information content (AvgIpc) is 3.45. The van der Waals surface area contributed by atoms with Crippen LogP contribution in [0.1, 0.15) is 41.9 Å². The zero-order chi connectivity index (χ0) is 30.8. The molecular formula is C27H30FN5O7S2. The molecule has 4 rings (SSSR count). The molecule has 0 bridgehead atoms. The second-order valence-corrected chi connectivity index (χ2v) is 13.7. The van der Waals surface area contributed by atoms with Crippen LogP contribution < -0.4 is 16.4 Å². The number of sulfone groups is 1. The molecule has 2 aromatic heterocycles. The number of hydrogen-bond donors (Lipinski definition) is 5. The first kappa shape index (κ1) is 30.9. The van der Waals surface area contributed by atoms with Crippen LogP contribution in [0, 0.1) is 5.82 Å². The summed E-state index contributed by atoms with van der Waals surface area (Å²) in [6.45, 7) is 2.30. The van der Waals surface area contributed by atoms with Crippen LogP contribution in [-0.2, 0) is 26.8 Å². The number of amides is 3. The van der Waals surface area contributed by atoms with Crippen LogP contribution in [0.2, 0.25) is 0 Å². The fourth-order valence-electron chi connectivity index (χ4n) is 4.39. The Balaban J connectivity index is 1.50. The van der Waals surface area contributed by atoms with Crippen molar-refractivity contribution < 1.29 is 37.4 Å². The van der Waals surface area contributed by atoms with E-state index < -0.39 is 51.7 Å². The van der Waals surface area contributed by atoms with Gasteiger partial charge in [0.25, 0.3) is 5.91 Å². The first-order valence-corrected chi connectivity index (χ1v) is 15.4. The number of primary amides is 1. The van der Waals surface area contributed by atoms with E-state index in [1.165, 1.54) is 32.0 Å². The van der Waals surface area contributed by atoms with Crippen molar-refractivity contribution in [1.29, 1.82) is 0 Å². The predicted molar refractivity (Wildman–Crippen MR) is 155 cm³/mol. The Bertz CT molecular complexity index is 1640. The van der Waals surface area contributed by atoms with Crippen molar-refractivity contribution in [2.45, 2.75) is 38.5 Å². The van der Waals surface area contributed by atoms with Gasteiger partial charge in [0.05, 0.1) is 34.9 Å². The number of nitrogens with zero attached hydrogens (tertiary/aromatic N) is 2. The second kappa shape index (κ2) is 12.0. The Morgan fingerprint density at radius 3 is 2.55 bits per heavy atom. The van der Waals surface area contributed by atoms with Gasteiger partial charge in [0.15, 0.2) is 9.84 Å². The van der Waals surface area contributed by atoms with Gasteiger partial charge < -0.3 is 26.6 Å². The summed E-state index contributed by atoms with van der Waals surface area (Å²) in [7, 11) is -3.21. The summed E-state index contributed by atoms with van der Waals surface area (Å²) in [4.78, 5) is 42.0. The van der Waals surface area contributed by atoms with E-state index in [1.54, 1.807) is 24.3 Å². The number of thiophene rings is 1. The molecule has 1 saturated heterocycles. The zero-order valence-corrected chi connectivity index (χ0v) is 24.4. The van der Waals surface area contributed by atoms with Crippen LogP contribution in [0.3, 0.4) is 0 Å². The number of benzene rings is 1. The summed E-state index contributed by atoms with van der Waals surface area (Å²) in [6.07, 6.45) is -1.10. The van der Waals surface area contributed by atoms with Gasteiger partial charge in [-0.25, -0.2) is 22.6 Å². The van der Waals surface area contributed by atoms with E-state index in [1.807, 2.05) is 0 Å². The summed E-state index contributed by atoms with van der Waals surface area (Å²) in [5.41, 5.74) is 5.28. The number of aromatic nitrogens is 1. The normalized spacial score (nSPS) is 16.1. The maximum Gasteiger partial charge on any atom is 0.408 e. The number of carbonyl (C=O) groups is 3. The summed E-state index contributed by atoms with van der Waals surface area (Å²) >= 11 is 1.06. The van der Waals surface area contributed by atoms with E-state index in [0.717, 1.165) is 16.2 Å². The van der Waals surface area contributed by atoms with Gasteiger partial charge in [0.2, 0.25) is 5.91 Å². The van der Waals surface area contributed by atoms with Crippen LogP contribution in [0.4, 0.5) is 20.0 Å². The number of pyridine rings is 1. The van der Waals surface area contributed by atoms with E-state index in [-0.39, 0.29) is 52.1 Å². The third kappa shape index (κ3) is 7.60. The topological polar surface area (TPSA) is 192 Å². The molecule has 1 unspecified atom stereocenters. The molecule has 224 valence electrons. The lowest BCUT2D eigenvalue weighted by molar-refractivity contribution is -0.122. The predicted octanol–water partition coefficient (Wildman–Crippen LogP) is 2.80. The third-order valence-electron chi connectivity index (χ3n) is 6.54. The highest BCUT2D eigenvalue weighted by Crippen LogP contribution is 2.38. The zero-order valence-electron chi connectivity index (χ0n) is 22.8. The van der Waals surface area contributed by atoms with E-state index in [0.29, 0.717) is 10.4 Å². The minimum absolute atomic E-state index is 0.0310. The first-order chi connectivity index (χ1) is 19.6. The van der Waals surface area contributed by atoms with Gasteiger partial charge in [-0.05, 0) is 50.1 Å². The number of hydrogen-bond acceptors (Lipinski definition) is 9. The minimum Gasteiger partial charge on any atom is -0.465 e. The number of halogens is 1. The maximum absolute atomic E-state index is 15.0. The van der Waals surface area contributed by atoms with Crippen LogP contribution in [0.25, 0.3) is 10.4 Å². The number of aliphatic hydroxyl groups is 1. The number of anilines is 2. The van der Waals surface area contributed by atoms with E-state index in [9.17, 15) is 37.4 Å². The highest BCUT2D eigenvalue weighted by Gasteiger charge is 2.30. The lowest BCUT2D eigenvalue weighted by Gasteiger charge is -2.20. The van der Waals surface area contributed by atoms with Gasteiger partial charge in [-0.1, -0.05) is 18.2 Å². The van der Waals surface area contributed by atoms with E-state index >= 15 is 0 Å². The van der Waals surface area contributed by atoms with Gasteiger partial charge in [-0.3, -0.25) is 14.5 Å². The van der Waals surface area contributed by atoms with Gasteiger partial charge in [-0.2, -0.15) is 0 Å². The van der Waals surface area contributed by atoms with E-state index in [4.69, 9.17) is 5.73 Å². The molecule has 15 heteroatoms. The average molecular weight is 620 g/mol. The fraction of sp³-hybridized carbons (Fsp3) is 0.333. The molecule has 0 radical (unpaired) electrons. The molecule has 42 heavy (non-hydrogen) atoms. The van der Waals surface area contributed by atoms with Crippen molar-refractivity contribution in [3.05, 3.63) is 65.1 Å². The highest BCUT2D eigenvalue weighted by atomic mass is 32.2. The Kier molecular flexibility index (Phi) is 8.84. The van der Waals surface area contributed by atoms with Gasteiger partial charge in [-0.15, -0.1) is 11.3 Å². The van der Waals surface area contributed by atoms with Gasteiger partial charge in [0, 0.05) is 16.5 Å². The largest absolute Gasteiger partial charge is 0.465 e. The van der Waals surface area contributed by atoms with Crippen molar-refractivity contribution >= 4 is 49.9 Å². The van der Waals surface area contributed by atoms with Crippen molar-refractivity contribution in [1.82, 2.24) is 15.2 Å². The molecular weight excluding hydrogens is 589 g/mol. The van der Waals surface area contributed by atoms with Crippen molar-refractivity contribution in [3.8, 4) is 10.4 Å². The van der Waals surface area contributed by atoms with Crippen LogP contribution >= 0.6 is 11.3 Å². The third-order valence-corrected chi connectivity index (χ3v) is 9.39. The Labute approximate surface area is 245 Å². The lowest BCUT2D eigenvalue weighted by Crippen LogP contribution is -2.44. The maximum atomic E-state index is 15.0. The summed E-state index contributed by atoms with van der Waals surface area (Å²) in [5.74, 6) is -1.95. The first-order valence-electron chi connectivity index (χ1n) is 12.8.